The maximum Gasteiger partial charge on any atom is 0.267 e. The van der Waals surface area contributed by atoms with Crippen LogP contribution in [0.2, 0.25) is 0 Å². The lowest BCUT2D eigenvalue weighted by Gasteiger charge is -2.22. The highest BCUT2D eigenvalue weighted by Gasteiger charge is 2.27. The van der Waals surface area contributed by atoms with E-state index in [1.54, 1.807) is 6.08 Å². The van der Waals surface area contributed by atoms with Crippen molar-refractivity contribution in [3.05, 3.63) is 24.3 Å². The van der Waals surface area contributed by atoms with Gasteiger partial charge in [-0.25, -0.2) is 0 Å². The second-order valence-corrected chi connectivity index (χ2v) is 15.6. The quantitative estimate of drug-likeness (QED) is 0.0293. The highest BCUT2D eigenvalue weighted by molar-refractivity contribution is 7.85. The summed E-state index contributed by atoms with van der Waals surface area (Å²) in [6.45, 7) is 4.47. The molecule has 0 saturated carbocycles. The van der Waals surface area contributed by atoms with Crippen LogP contribution in [-0.2, 0) is 14.9 Å². The predicted molar refractivity (Wildman–Crippen MR) is 204 cm³/mol. The molecule has 0 aliphatic rings. The zero-order chi connectivity index (χ0) is 35.6. The molecule has 0 bridgehead atoms. The molecule has 3 unspecified atom stereocenters. The van der Waals surface area contributed by atoms with Gasteiger partial charge in [0.05, 0.1) is 17.9 Å². The Balaban J connectivity index is 3.92. The van der Waals surface area contributed by atoms with E-state index in [2.05, 4.69) is 31.3 Å². The van der Waals surface area contributed by atoms with E-state index in [9.17, 15) is 28.0 Å². The zero-order valence-electron chi connectivity index (χ0n) is 31.2. The predicted octanol–water partition coefficient (Wildman–Crippen LogP) is 10.5. The highest BCUT2D eigenvalue weighted by atomic mass is 32.2. The number of unbranched alkanes of at least 4 members (excludes halogenated alkanes) is 25. The number of allylic oxidation sites excluding steroid dienone is 3. The maximum atomic E-state index is 12.5. The number of hydrogen-bond acceptors (Lipinski definition) is 5. The minimum absolute atomic E-state index is 0.274. The Morgan fingerprint density at radius 3 is 1.31 bits per heavy atom. The van der Waals surface area contributed by atoms with Crippen molar-refractivity contribution in [2.24, 2.45) is 0 Å². The fourth-order valence-corrected chi connectivity index (χ4v) is 6.83. The molecule has 0 aromatic rings. The molecule has 0 rings (SSSR count). The van der Waals surface area contributed by atoms with Crippen molar-refractivity contribution in [3.63, 3.8) is 0 Å². The lowest BCUT2D eigenvalue weighted by molar-refractivity contribution is -0.130. The summed E-state index contributed by atoms with van der Waals surface area (Å²) in [5.74, 6) is -1.54. The van der Waals surface area contributed by atoms with Crippen LogP contribution in [0, 0.1) is 0 Å². The molecule has 4 N–H and O–H groups in total. The normalized spacial score (nSPS) is 14.2. The molecule has 48 heavy (non-hydrogen) atoms. The molecular weight excluding hydrogens is 623 g/mol. The van der Waals surface area contributed by atoms with Crippen LogP contribution in [0.4, 0.5) is 0 Å². The van der Waals surface area contributed by atoms with Crippen LogP contribution in [0.5, 0.6) is 0 Å². The van der Waals surface area contributed by atoms with E-state index >= 15 is 0 Å². The Bertz CT molecular complexity index is 875. The largest absolute Gasteiger partial charge is 0.387 e. The highest BCUT2D eigenvalue weighted by Crippen LogP contribution is 2.14. The summed E-state index contributed by atoms with van der Waals surface area (Å²) < 4.78 is 32.3. The Morgan fingerprint density at radius 1 is 0.562 bits per heavy atom. The maximum absolute atomic E-state index is 12.5. The van der Waals surface area contributed by atoms with Crippen LogP contribution in [0.1, 0.15) is 200 Å². The lowest BCUT2D eigenvalue weighted by atomic mass is 10.0. The van der Waals surface area contributed by atoms with Crippen molar-refractivity contribution in [3.8, 4) is 0 Å². The molecule has 0 aromatic heterocycles. The van der Waals surface area contributed by atoms with E-state index in [0.29, 0.717) is 6.42 Å². The number of nitrogens with one attached hydrogen (secondary N) is 1. The van der Waals surface area contributed by atoms with E-state index in [0.717, 1.165) is 44.9 Å². The summed E-state index contributed by atoms with van der Waals surface area (Å²) in [5, 5.41) is 23.3. The van der Waals surface area contributed by atoms with Gasteiger partial charge in [-0.05, 0) is 44.9 Å². The van der Waals surface area contributed by atoms with Crippen molar-refractivity contribution in [2.45, 2.75) is 218 Å². The molecule has 0 fully saturated rings. The van der Waals surface area contributed by atoms with Crippen LogP contribution in [0.15, 0.2) is 24.3 Å². The van der Waals surface area contributed by atoms with Gasteiger partial charge in [0.2, 0.25) is 5.91 Å². The number of rotatable bonds is 36. The van der Waals surface area contributed by atoms with Gasteiger partial charge in [-0.3, -0.25) is 9.35 Å². The average molecular weight is 700 g/mol. The van der Waals surface area contributed by atoms with Gasteiger partial charge in [0, 0.05) is 0 Å². The van der Waals surface area contributed by atoms with Crippen LogP contribution in [0.25, 0.3) is 0 Å². The van der Waals surface area contributed by atoms with Gasteiger partial charge in [-0.1, -0.05) is 179 Å². The van der Waals surface area contributed by atoms with Crippen molar-refractivity contribution >= 4 is 16.0 Å². The monoisotopic (exact) mass is 700 g/mol. The first-order valence-electron chi connectivity index (χ1n) is 20.1. The summed E-state index contributed by atoms with van der Waals surface area (Å²) >= 11 is 0. The third-order valence-electron chi connectivity index (χ3n) is 9.23. The minimum atomic E-state index is -4.43. The molecule has 0 heterocycles. The van der Waals surface area contributed by atoms with Crippen LogP contribution in [-0.4, -0.2) is 53.1 Å². The molecule has 0 spiro atoms. The van der Waals surface area contributed by atoms with Gasteiger partial charge < -0.3 is 15.5 Å². The fourth-order valence-electron chi connectivity index (χ4n) is 6.10. The van der Waals surface area contributed by atoms with Crippen molar-refractivity contribution < 1.29 is 28.0 Å². The molecular formula is C40H77NO6S. The SMILES string of the molecule is CCCCCCCCC/C=C/C(O)C(CS(=O)(=O)O)NC(=O)C(O)CCCCCCCC/C=C\CCCCCCCCCCCCCC. The second kappa shape index (κ2) is 34.2. The third-order valence-corrected chi connectivity index (χ3v) is 10.0. The van der Waals surface area contributed by atoms with Crippen LogP contribution in [0.3, 0.4) is 0 Å². The summed E-state index contributed by atoms with van der Waals surface area (Å²) in [7, 11) is -4.43. The van der Waals surface area contributed by atoms with Gasteiger partial charge in [-0.2, -0.15) is 8.42 Å². The first-order chi connectivity index (χ1) is 23.2. The molecule has 1 amide bonds. The standard InChI is InChI=1S/C40H77NO6S/c1-3-5-7-9-11-13-14-15-16-17-18-19-20-21-22-23-24-25-27-29-31-33-35-39(43)40(44)41-37(36-48(45,46)47)38(42)34-32-30-28-26-12-10-8-6-4-2/h21-22,32,34,37-39,42-43H,3-20,23-31,33,35-36H2,1-2H3,(H,41,44)(H,45,46,47)/b22-21-,34-32+. The number of aliphatic hydroxyl groups excluding tert-OH is 2. The molecule has 8 heteroatoms. The molecule has 7 nitrogen and oxygen atoms in total. The molecule has 3 atom stereocenters. The van der Waals surface area contributed by atoms with E-state index in [1.807, 2.05) is 0 Å². The summed E-state index contributed by atoms with van der Waals surface area (Å²) in [6, 6.07) is -1.23. The number of carbonyl (C=O) groups excluding carboxylic acids is 1. The number of hydrogen-bond donors (Lipinski definition) is 4. The molecule has 284 valence electrons. The molecule has 0 saturated heterocycles. The van der Waals surface area contributed by atoms with Crippen molar-refractivity contribution in [1.29, 1.82) is 0 Å². The molecule has 0 aliphatic heterocycles. The summed E-state index contributed by atoms with van der Waals surface area (Å²) in [4.78, 5) is 12.5. The topological polar surface area (TPSA) is 124 Å². The fraction of sp³-hybridized carbons (Fsp3) is 0.875. The average Bonchev–Trinajstić information content (AvgIpc) is 3.05. The smallest absolute Gasteiger partial charge is 0.267 e. The van der Waals surface area contributed by atoms with E-state index in [-0.39, 0.29) is 6.42 Å². The summed E-state index contributed by atoms with van der Waals surface area (Å²) in [6.07, 6.45) is 39.7. The van der Waals surface area contributed by atoms with E-state index in [1.165, 1.54) is 134 Å². The first kappa shape index (κ1) is 46.8. The van der Waals surface area contributed by atoms with Crippen molar-refractivity contribution in [2.75, 3.05) is 5.75 Å². The molecule has 0 radical (unpaired) electrons. The van der Waals surface area contributed by atoms with Gasteiger partial charge in [0.1, 0.15) is 6.10 Å². The van der Waals surface area contributed by atoms with Crippen LogP contribution < -0.4 is 5.32 Å². The Kier molecular flexibility index (Phi) is 33.4. The van der Waals surface area contributed by atoms with Crippen molar-refractivity contribution in [1.82, 2.24) is 5.32 Å². The van der Waals surface area contributed by atoms with Gasteiger partial charge in [0.25, 0.3) is 10.1 Å². The Labute approximate surface area is 297 Å². The Hall–Kier alpha value is -1.22. The van der Waals surface area contributed by atoms with Crippen LogP contribution >= 0.6 is 0 Å². The first-order valence-corrected chi connectivity index (χ1v) is 21.8. The molecule has 0 aliphatic carbocycles. The van der Waals surface area contributed by atoms with E-state index < -0.39 is 40.0 Å². The van der Waals surface area contributed by atoms with Gasteiger partial charge in [0.15, 0.2) is 0 Å². The number of aliphatic hydroxyl groups is 2. The number of amides is 1. The molecule has 0 aromatic carbocycles. The van der Waals surface area contributed by atoms with Gasteiger partial charge >= 0.3 is 0 Å². The minimum Gasteiger partial charge on any atom is -0.387 e. The third kappa shape index (κ3) is 33.3. The Morgan fingerprint density at radius 2 is 0.917 bits per heavy atom. The summed E-state index contributed by atoms with van der Waals surface area (Å²) in [5.41, 5.74) is 0. The zero-order valence-corrected chi connectivity index (χ0v) is 32.0. The van der Waals surface area contributed by atoms with Gasteiger partial charge in [-0.15, -0.1) is 0 Å². The van der Waals surface area contributed by atoms with E-state index in [4.69, 9.17) is 0 Å². The second-order valence-electron chi connectivity index (χ2n) is 14.1. The number of carbonyl (C=O) groups is 1. The lowest BCUT2D eigenvalue weighted by Crippen LogP contribution is -2.50.